The maximum atomic E-state index is 12.5. The van der Waals surface area contributed by atoms with E-state index in [0.29, 0.717) is 5.56 Å². The van der Waals surface area contributed by atoms with Gasteiger partial charge in [-0.2, -0.15) is 8.42 Å². The molecular weight excluding hydrogens is 233 g/mol. The van der Waals surface area contributed by atoms with Crippen molar-refractivity contribution in [3.05, 3.63) is 40.3 Å². The minimum atomic E-state index is -4.66. The highest BCUT2D eigenvalue weighted by atomic mass is 32.3. The lowest BCUT2D eigenvalue weighted by Crippen LogP contribution is -1.91. The Morgan fingerprint density at radius 3 is 2.50 bits per heavy atom. The smallest absolute Gasteiger partial charge is 0.189 e. The summed E-state index contributed by atoms with van der Waals surface area (Å²) in [5, 5.41) is 3.19. The first kappa shape index (κ1) is 12.0. The molecule has 0 N–H and O–H groups in total. The van der Waals surface area contributed by atoms with Gasteiger partial charge in [-0.05, 0) is 29.8 Å². The monoisotopic (exact) mass is 239 g/mol. The zero-order valence-electron chi connectivity index (χ0n) is 7.96. The van der Waals surface area contributed by atoms with Crippen LogP contribution >= 0.6 is 0 Å². The molecule has 0 aromatic heterocycles. The van der Waals surface area contributed by atoms with E-state index in [1.807, 2.05) is 0 Å². The van der Waals surface area contributed by atoms with Crippen LogP contribution < -0.4 is 0 Å². The van der Waals surface area contributed by atoms with E-state index in [4.69, 9.17) is 5.53 Å². The molecule has 0 saturated heterocycles. The Morgan fingerprint density at radius 1 is 1.38 bits per heavy atom. The number of nitrogens with zero attached hydrogens (tertiary/aromatic N) is 3. The molecule has 0 fully saturated rings. The van der Waals surface area contributed by atoms with Crippen LogP contribution in [-0.4, -0.2) is 15.0 Å². The van der Waals surface area contributed by atoms with Gasteiger partial charge >= 0.3 is 10.2 Å². The van der Waals surface area contributed by atoms with Crippen LogP contribution in [0.25, 0.3) is 10.4 Å². The molecular formula is C9H6FN3O2S. The van der Waals surface area contributed by atoms with Gasteiger partial charge in [0, 0.05) is 10.5 Å². The first-order chi connectivity index (χ1) is 7.54. The van der Waals surface area contributed by atoms with Crippen LogP contribution in [0.2, 0.25) is 0 Å². The fourth-order valence-electron chi connectivity index (χ4n) is 0.909. The normalized spacial score (nSPS) is 9.81. The third-order valence-corrected chi connectivity index (χ3v) is 2.42. The summed E-state index contributed by atoms with van der Waals surface area (Å²) >= 11 is 0. The summed E-state index contributed by atoms with van der Waals surface area (Å²) in [5.41, 5.74) is 8.49. The molecule has 0 radical (unpaired) electrons. The number of benzene rings is 1. The summed E-state index contributed by atoms with van der Waals surface area (Å²) in [6, 6.07) is 4.98. The third kappa shape index (κ3) is 3.61. The van der Waals surface area contributed by atoms with E-state index in [-0.39, 0.29) is 6.54 Å². The van der Waals surface area contributed by atoms with Crippen molar-refractivity contribution in [2.45, 2.75) is 4.90 Å². The van der Waals surface area contributed by atoms with Crippen molar-refractivity contribution in [3.63, 3.8) is 0 Å². The van der Waals surface area contributed by atoms with Gasteiger partial charge < -0.3 is 0 Å². The van der Waals surface area contributed by atoms with Crippen molar-refractivity contribution in [2.24, 2.45) is 5.11 Å². The topological polar surface area (TPSA) is 82.9 Å². The molecule has 0 saturated carbocycles. The summed E-state index contributed by atoms with van der Waals surface area (Å²) in [5.74, 6) is 5.17. The fraction of sp³-hybridized carbons (Fsp3) is 0.111. The molecule has 0 aliphatic heterocycles. The van der Waals surface area contributed by atoms with Crippen LogP contribution in [0.3, 0.4) is 0 Å². The second-order valence-electron chi connectivity index (χ2n) is 2.65. The first-order valence-corrected chi connectivity index (χ1v) is 5.47. The van der Waals surface area contributed by atoms with Gasteiger partial charge in [-0.3, -0.25) is 0 Å². The molecule has 0 unspecified atom stereocenters. The standard InChI is InChI=1S/C9H6FN3O2S/c10-16(14,15)9-5-3-8(4-6-9)2-1-7-12-13-11/h3-6H,7H2. The summed E-state index contributed by atoms with van der Waals surface area (Å²) in [6.07, 6.45) is 0. The molecule has 0 atom stereocenters. The highest BCUT2D eigenvalue weighted by Crippen LogP contribution is 2.12. The van der Waals surface area contributed by atoms with Crippen LogP contribution in [0.5, 0.6) is 0 Å². The van der Waals surface area contributed by atoms with Crippen LogP contribution in [-0.2, 0) is 10.2 Å². The van der Waals surface area contributed by atoms with Crippen molar-refractivity contribution < 1.29 is 12.3 Å². The Kier molecular flexibility index (Phi) is 3.89. The van der Waals surface area contributed by atoms with Gasteiger partial charge in [-0.25, -0.2) is 0 Å². The van der Waals surface area contributed by atoms with Gasteiger partial charge in [0.15, 0.2) is 0 Å². The molecule has 1 aromatic carbocycles. The second-order valence-corrected chi connectivity index (χ2v) is 4.00. The number of azide groups is 1. The fourth-order valence-corrected chi connectivity index (χ4v) is 1.37. The average molecular weight is 239 g/mol. The van der Waals surface area contributed by atoms with Gasteiger partial charge in [0.25, 0.3) is 0 Å². The van der Waals surface area contributed by atoms with Crippen molar-refractivity contribution in [3.8, 4) is 11.8 Å². The van der Waals surface area contributed by atoms with E-state index in [1.165, 1.54) is 12.1 Å². The number of halogens is 1. The van der Waals surface area contributed by atoms with E-state index in [9.17, 15) is 12.3 Å². The molecule has 0 spiro atoms. The molecule has 0 amide bonds. The van der Waals surface area contributed by atoms with Crippen molar-refractivity contribution in [2.75, 3.05) is 6.54 Å². The summed E-state index contributed by atoms with van der Waals surface area (Å²) in [6.45, 7) is 0.0274. The minimum absolute atomic E-state index is 0.0274. The Hall–Kier alpha value is -2.03. The van der Waals surface area contributed by atoms with E-state index >= 15 is 0 Å². The van der Waals surface area contributed by atoms with Crippen molar-refractivity contribution in [1.82, 2.24) is 0 Å². The van der Waals surface area contributed by atoms with Crippen LogP contribution in [0.4, 0.5) is 3.89 Å². The van der Waals surface area contributed by atoms with Crippen LogP contribution in [0.15, 0.2) is 34.3 Å². The van der Waals surface area contributed by atoms with Crippen LogP contribution in [0.1, 0.15) is 5.56 Å². The maximum absolute atomic E-state index is 12.5. The molecule has 1 aromatic rings. The molecule has 0 heterocycles. The van der Waals surface area contributed by atoms with Crippen LogP contribution in [0, 0.1) is 11.8 Å². The van der Waals surface area contributed by atoms with E-state index < -0.39 is 15.1 Å². The highest BCUT2D eigenvalue weighted by Gasteiger charge is 2.09. The molecule has 7 heteroatoms. The predicted molar refractivity (Wildman–Crippen MR) is 55.6 cm³/mol. The Morgan fingerprint density at radius 2 is 2.00 bits per heavy atom. The average Bonchev–Trinajstić information content (AvgIpc) is 2.24. The lowest BCUT2D eigenvalue weighted by Gasteiger charge is -1.93. The number of hydrogen-bond donors (Lipinski definition) is 0. The molecule has 16 heavy (non-hydrogen) atoms. The SMILES string of the molecule is [N-]=[N+]=NCC#Cc1ccc(S(=O)(=O)F)cc1. The summed E-state index contributed by atoms with van der Waals surface area (Å²) in [4.78, 5) is 2.10. The highest BCUT2D eigenvalue weighted by molar-refractivity contribution is 7.86. The molecule has 0 aliphatic rings. The zero-order chi connectivity index (χ0) is 12.0. The van der Waals surface area contributed by atoms with E-state index in [0.717, 1.165) is 12.1 Å². The molecule has 5 nitrogen and oxygen atoms in total. The molecule has 82 valence electrons. The zero-order valence-corrected chi connectivity index (χ0v) is 8.78. The van der Waals surface area contributed by atoms with Gasteiger partial charge in [0.05, 0.1) is 11.4 Å². The lowest BCUT2D eigenvalue weighted by atomic mass is 10.2. The number of rotatable bonds is 2. The largest absolute Gasteiger partial charge is 0.332 e. The summed E-state index contributed by atoms with van der Waals surface area (Å²) in [7, 11) is -4.66. The van der Waals surface area contributed by atoms with Gasteiger partial charge in [-0.15, -0.1) is 3.89 Å². The Balaban J connectivity index is 2.86. The number of hydrogen-bond acceptors (Lipinski definition) is 3. The molecule has 0 aliphatic carbocycles. The Labute approximate surface area is 91.7 Å². The quantitative estimate of drug-likeness (QED) is 0.260. The third-order valence-electron chi connectivity index (χ3n) is 1.58. The second kappa shape index (κ2) is 5.16. The van der Waals surface area contributed by atoms with Gasteiger partial charge in [-0.1, -0.05) is 17.0 Å². The minimum Gasteiger partial charge on any atom is -0.189 e. The van der Waals surface area contributed by atoms with Crippen molar-refractivity contribution in [1.29, 1.82) is 0 Å². The summed E-state index contributed by atoms with van der Waals surface area (Å²) < 4.78 is 33.5. The first-order valence-electron chi connectivity index (χ1n) is 4.08. The maximum Gasteiger partial charge on any atom is 0.332 e. The van der Waals surface area contributed by atoms with Crippen molar-refractivity contribution >= 4 is 10.2 Å². The predicted octanol–water partition coefficient (Wildman–Crippen LogP) is 2.01. The molecule has 0 bridgehead atoms. The van der Waals surface area contributed by atoms with Gasteiger partial charge in [0.1, 0.15) is 0 Å². The van der Waals surface area contributed by atoms with E-state index in [2.05, 4.69) is 21.9 Å². The molecule has 1 rings (SSSR count). The van der Waals surface area contributed by atoms with Gasteiger partial charge in [0.2, 0.25) is 0 Å². The van der Waals surface area contributed by atoms with E-state index in [1.54, 1.807) is 0 Å². The lowest BCUT2D eigenvalue weighted by molar-refractivity contribution is 0.552. The Bertz CT molecular complexity index is 577.